The molecule has 1 heterocycles. The third-order valence-electron chi connectivity index (χ3n) is 4.01. The van der Waals surface area contributed by atoms with Crippen molar-refractivity contribution in [1.29, 1.82) is 0 Å². The molecule has 0 aromatic carbocycles. The minimum atomic E-state index is -0.572. The van der Waals surface area contributed by atoms with E-state index in [9.17, 15) is 9.90 Å². The average molecular weight is 243 g/mol. The first-order chi connectivity index (χ1) is 7.46. The van der Waals surface area contributed by atoms with Crippen molar-refractivity contribution in [3.63, 3.8) is 0 Å². The second kappa shape index (κ2) is 4.22. The van der Waals surface area contributed by atoms with Crippen molar-refractivity contribution in [2.24, 2.45) is 5.41 Å². The molecule has 4 heteroatoms. The zero-order chi connectivity index (χ0) is 11.8. The first-order valence-corrected chi connectivity index (χ1v) is 6.71. The van der Waals surface area contributed by atoms with Gasteiger partial charge in [0.25, 0.3) is 0 Å². The lowest BCUT2D eigenvalue weighted by atomic mass is 9.93. The summed E-state index contributed by atoms with van der Waals surface area (Å²) >= 11 is 4.32. The summed E-state index contributed by atoms with van der Waals surface area (Å²) in [6.45, 7) is 3.26. The molecule has 1 saturated carbocycles. The summed E-state index contributed by atoms with van der Waals surface area (Å²) in [5, 5.41) is 9.81. The third kappa shape index (κ3) is 2.72. The monoisotopic (exact) mass is 243 g/mol. The van der Waals surface area contributed by atoms with Gasteiger partial charge in [0, 0.05) is 19.5 Å². The maximum Gasteiger partial charge on any atom is 0.223 e. The SMILES string of the molecule is CC1(O)CCN(C(=O)CC2(CS)CC2)CC1. The minimum Gasteiger partial charge on any atom is -0.390 e. The Morgan fingerprint density at radius 1 is 1.31 bits per heavy atom. The second-order valence-corrected chi connectivity index (χ2v) is 6.03. The predicted octanol–water partition coefficient (Wildman–Crippen LogP) is 1.46. The van der Waals surface area contributed by atoms with Gasteiger partial charge in [-0.15, -0.1) is 0 Å². The van der Waals surface area contributed by atoms with Gasteiger partial charge in [0.2, 0.25) is 5.91 Å². The van der Waals surface area contributed by atoms with Crippen molar-refractivity contribution < 1.29 is 9.90 Å². The third-order valence-corrected chi connectivity index (χ3v) is 4.68. The van der Waals surface area contributed by atoms with Crippen LogP contribution in [-0.4, -0.2) is 40.4 Å². The molecule has 0 aromatic heterocycles. The molecule has 2 fully saturated rings. The number of aliphatic hydroxyl groups is 1. The molecule has 1 aliphatic heterocycles. The standard InChI is InChI=1S/C12H21NO2S/c1-11(15)4-6-13(7-5-11)10(14)8-12(9-16)2-3-12/h15-16H,2-9H2,1H3. The fourth-order valence-corrected chi connectivity index (χ4v) is 2.67. The van der Waals surface area contributed by atoms with Gasteiger partial charge >= 0.3 is 0 Å². The zero-order valence-corrected chi connectivity index (χ0v) is 10.8. The van der Waals surface area contributed by atoms with Crippen LogP contribution in [0.3, 0.4) is 0 Å². The molecule has 16 heavy (non-hydrogen) atoms. The fourth-order valence-electron chi connectivity index (χ4n) is 2.24. The number of hydrogen-bond acceptors (Lipinski definition) is 3. The topological polar surface area (TPSA) is 40.5 Å². The zero-order valence-electron chi connectivity index (χ0n) is 9.91. The number of piperidine rings is 1. The Morgan fingerprint density at radius 3 is 2.31 bits per heavy atom. The smallest absolute Gasteiger partial charge is 0.223 e. The van der Waals surface area contributed by atoms with Gasteiger partial charge < -0.3 is 10.0 Å². The van der Waals surface area contributed by atoms with E-state index in [-0.39, 0.29) is 11.3 Å². The highest BCUT2D eigenvalue weighted by atomic mass is 32.1. The molecule has 92 valence electrons. The molecule has 0 aromatic rings. The highest BCUT2D eigenvalue weighted by Crippen LogP contribution is 2.49. The maximum absolute atomic E-state index is 12.0. The fraction of sp³-hybridized carbons (Fsp3) is 0.917. The first-order valence-electron chi connectivity index (χ1n) is 6.07. The number of carbonyl (C=O) groups is 1. The summed E-state index contributed by atoms with van der Waals surface area (Å²) in [6.07, 6.45) is 4.35. The molecule has 2 rings (SSSR count). The van der Waals surface area contributed by atoms with Crippen LogP contribution in [0.25, 0.3) is 0 Å². The van der Waals surface area contributed by atoms with Gasteiger partial charge in [0.1, 0.15) is 0 Å². The van der Waals surface area contributed by atoms with Gasteiger partial charge in [0.05, 0.1) is 5.60 Å². The second-order valence-electron chi connectivity index (χ2n) is 5.71. The molecule has 3 nitrogen and oxygen atoms in total. The van der Waals surface area contributed by atoms with E-state index < -0.39 is 5.60 Å². The molecule has 0 unspecified atom stereocenters. The van der Waals surface area contributed by atoms with Crippen LogP contribution >= 0.6 is 12.6 Å². The number of likely N-dealkylation sites (tertiary alicyclic amines) is 1. The van der Waals surface area contributed by atoms with Crippen LogP contribution in [0.5, 0.6) is 0 Å². The van der Waals surface area contributed by atoms with Gasteiger partial charge in [0.15, 0.2) is 0 Å². The largest absolute Gasteiger partial charge is 0.390 e. The summed E-state index contributed by atoms with van der Waals surface area (Å²) in [5.74, 6) is 1.08. The summed E-state index contributed by atoms with van der Waals surface area (Å²) < 4.78 is 0. The molecule has 0 atom stereocenters. The van der Waals surface area contributed by atoms with Gasteiger partial charge in [-0.25, -0.2) is 0 Å². The Kier molecular flexibility index (Phi) is 3.23. The van der Waals surface area contributed by atoms with Crippen molar-refractivity contribution in [3.8, 4) is 0 Å². The van der Waals surface area contributed by atoms with Gasteiger partial charge in [-0.1, -0.05) is 0 Å². The van der Waals surface area contributed by atoms with E-state index in [1.807, 2.05) is 11.8 Å². The molecule has 2 aliphatic rings. The Hall–Kier alpha value is -0.220. The Bertz CT molecular complexity index is 277. The van der Waals surface area contributed by atoms with E-state index in [1.54, 1.807) is 0 Å². The highest BCUT2D eigenvalue weighted by molar-refractivity contribution is 7.80. The summed E-state index contributed by atoms with van der Waals surface area (Å²) in [4.78, 5) is 13.9. The van der Waals surface area contributed by atoms with Crippen LogP contribution < -0.4 is 0 Å². The normalized spacial score (nSPS) is 26.6. The number of thiol groups is 1. The molecule has 1 N–H and O–H groups in total. The van der Waals surface area contributed by atoms with Crippen LogP contribution in [-0.2, 0) is 4.79 Å². The maximum atomic E-state index is 12.0. The quantitative estimate of drug-likeness (QED) is 0.737. The lowest BCUT2D eigenvalue weighted by Gasteiger charge is -2.36. The molecular formula is C12H21NO2S. The van der Waals surface area contributed by atoms with Gasteiger partial charge in [-0.05, 0) is 43.8 Å². The van der Waals surface area contributed by atoms with Crippen molar-refractivity contribution in [2.75, 3.05) is 18.8 Å². The van der Waals surface area contributed by atoms with Crippen LogP contribution in [0.2, 0.25) is 0 Å². The molecule has 1 saturated heterocycles. The molecule has 0 bridgehead atoms. The van der Waals surface area contributed by atoms with Gasteiger partial charge in [-0.2, -0.15) is 12.6 Å². The van der Waals surface area contributed by atoms with Crippen LogP contribution in [0.1, 0.15) is 39.0 Å². The van der Waals surface area contributed by atoms with Crippen LogP contribution in [0, 0.1) is 5.41 Å². The van der Waals surface area contributed by atoms with Crippen molar-refractivity contribution in [3.05, 3.63) is 0 Å². The van der Waals surface area contributed by atoms with E-state index in [4.69, 9.17) is 0 Å². The minimum absolute atomic E-state index is 0.208. The van der Waals surface area contributed by atoms with E-state index in [1.165, 1.54) is 0 Å². The lowest BCUT2D eigenvalue weighted by molar-refractivity contribution is -0.136. The Labute approximate surface area is 103 Å². The van der Waals surface area contributed by atoms with Crippen molar-refractivity contribution in [2.45, 2.75) is 44.6 Å². The molecule has 1 aliphatic carbocycles. The molecular weight excluding hydrogens is 222 g/mol. The van der Waals surface area contributed by atoms with E-state index in [0.717, 1.165) is 18.6 Å². The Morgan fingerprint density at radius 2 is 1.88 bits per heavy atom. The summed E-state index contributed by atoms with van der Waals surface area (Å²) in [7, 11) is 0. The number of carbonyl (C=O) groups excluding carboxylic acids is 1. The average Bonchev–Trinajstić information content (AvgIpc) is 2.98. The highest BCUT2D eigenvalue weighted by Gasteiger charge is 2.44. The van der Waals surface area contributed by atoms with E-state index in [0.29, 0.717) is 32.4 Å². The number of amides is 1. The molecule has 0 radical (unpaired) electrons. The van der Waals surface area contributed by atoms with E-state index >= 15 is 0 Å². The van der Waals surface area contributed by atoms with E-state index in [2.05, 4.69) is 12.6 Å². The number of nitrogens with zero attached hydrogens (tertiary/aromatic N) is 1. The van der Waals surface area contributed by atoms with Crippen molar-refractivity contribution in [1.82, 2.24) is 4.90 Å². The number of rotatable bonds is 3. The Balaban J connectivity index is 1.83. The summed E-state index contributed by atoms with van der Waals surface area (Å²) in [5.41, 5.74) is -0.363. The lowest BCUT2D eigenvalue weighted by Crippen LogP contribution is -2.45. The van der Waals surface area contributed by atoms with Crippen LogP contribution in [0.4, 0.5) is 0 Å². The molecule has 1 amide bonds. The number of hydrogen-bond donors (Lipinski definition) is 2. The summed E-state index contributed by atoms with van der Waals surface area (Å²) in [6, 6.07) is 0. The predicted molar refractivity (Wildman–Crippen MR) is 66.6 cm³/mol. The van der Waals surface area contributed by atoms with Crippen molar-refractivity contribution >= 4 is 18.5 Å². The van der Waals surface area contributed by atoms with Gasteiger partial charge in [-0.3, -0.25) is 4.79 Å². The first kappa shape index (κ1) is 12.2. The van der Waals surface area contributed by atoms with Crippen LogP contribution in [0.15, 0.2) is 0 Å². The molecule has 0 spiro atoms.